The van der Waals surface area contributed by atoms with Crippen LogP contribution in [0, 0.1) is 6.92 Å². The van der Waals surface area contributed by atoms with Crippen molar-refractivity contribution in [2.75, 3.05) is 18.0 Å². The Labute approximate surface area is 95.1 Å². The molecule has 0 unspecified atom stereocenters. The number of aromatic carboxylic acids is 1. The summed E-state index contributed by atoms with van der Waals surface area (Å²) >= 11 is 0. The third-order valence-corrected chi connectivity index (χ3v) is 2.22. The highest BCUT2D eigenvalue weighted by Crippen LogP contribution is 2.10. The second-order valence-corrected chi connectivity index (χ2v) is 3.58. The molecule has 0 saturated carbocycles. The van der Waals surface area contributed by atoms with Gasteiger partial charge in [-0.3, -0.25) is 0 Å². The first-order valence-electron chi connectivity index (χ1n) is 5.42. The average Bonchev–Trinajstić information content (AvgIpc) is 2.24. The summed E-state index contributed by atoms with van der Waals surface area (Å²) in [4.78, 5) is 21.1. The first-order valence-corrected chi connectivity index (χ1v) is 5.42. The van der Waals surface area contributed by atoms with Gasteiger partial charge in [-0.25, -0.2) is 14.8 Å². The number of aryl methyl sites for hydroxylation is 1. The van der Waals surface area contributed by atoms with Crippen molar-refractivity contribution in [1.29, 1.82) is 0 Å². The van der Waals surface area contributed by atoms with Crippen LogP contribution in [0.3, 0.4) is 0 Å². The standard InChI is InChI=1S/C11H17N3O2/c1-4-6-14(5-2)11-12-8(3)7-9(13-11)10(15)16/h7H,4-6H2,1-3H3,(H,15,16). The predicted molar refractivity (Wildman–Crippen MR) is 61.9 cm³/mol. The molecule has 88 valence electrons. The average molecular weight is 223 g/mol. The molecule has 0 aromatic carbocycles. The summed E-state index contributed by atoms with van der Waals surface area (Å²) in [6, 6.07) is 1.48. The van der Waals surface area contributed by atoms with E-state index in [1.807, 2.05) is 11.8 Å². The highest BCUT2D eigenvalue weighted by Gasteiger charge is 2.12. The molecule has 0 bridgehead atoms. The van der Waals surface area contributed by atoms with Gasteiger partial charge in [0.25, 0.3) is 0 Å². The van der Waals surface area contributed by atoms with E-state index in [1.54, 1.807) is 6.92 Å². The molecule has 0 atom stereocenters. The van der Waals surface area contributed by atoms with Crippen LogP contribution in [0.15, 0.2) is 6.07 Å². The summed E-state index contributed by atoms with van der Waals surface area (Å²) in [7, 11) is 0. The SMILES string of the molecule is CCCN(CC)c1nc(C)cc(C(=O)O)n1. The number of carbonyl (C=O) groups is 1. The number of aromatic nitrogens is 2. The molecular weight excluding hydrogens is 206 g/mol. The Balaban J connectivity index is 3.07. The van der Waals surface area contributed by atoms with E-state index in [4.69, 9.17) is 5.11 Å². The van der Waals surface area contributed by atoms with Crippen LogP contribution in [-0.4, -0.2) is 34.1 Å². The van der Waals surface area contributed by atoms with Crippen molar-refractivity contribution in [3.63, 3.8) is 0 Å². The monoisotopic (exact) mass is 223 g/mol. The van der Waals surface area contributed by atoms with Crippen molar-refractivity contribution in [1.82, 2.24) is 9.97 Å². The molecule has 0 spiro atoms. The molecule has 1 heterocycles. The topological polar surface area (TPSA) is 66.3 Å². The molecule has 0 aliphatic heterocycles. The van der Waals surface area contributed by atoms with Crippen LogP contribution in [-0.2, 0) is 0 Å². The zero-order valence-corrected chi connectivity index (χ0v) is 9.90. The van der Waals surface area contributed by atoms with Gasteiger partial charge < -0.3 is 10.0 Å². The van der Waals surface area contributed by atoms with Gasteiger partial charge in [-0.2, -0.15) is 0 Å². The fraction of sp³-hybridized carbons (Fsp3) is 0.545. The fourth-order valence-corrected chi connectivity index (χ4v) is 1.47. The molecule has 1 aromatic heterocycles. The maximum atomic E-state index is 10.9. The van der Waals surface area contributed by atoms with Crippen molar-refractivity contribution in [3.05, 3.63) is 17.5 Å². The predicted octanol–water partition coefficient (Wildman–Crippen LogP) is 1.72. The van der Waals surface area contributed by atoms with Gasteiger partial charge in [0.15, 0.2) is 5.69 Å². The number of hydrogen-bond acceptors (Lipinski definition) is 4. The highest BCUT2D eigenvalue weighted by atomic mass is 16.4. The Morgan fingerprint density at radius 3 is 2.62 bits per heavy atom. The lowest BCUT2D eigenvalue weighted by Crippen LogP contribution is -2.26. The van der Waals surface area contributed by atoms with Gasteiger partial charge >= 0.3 is 5.97 Å². The van der Waals surface area contributed by atoms with Crippen molar-refractivity contribution in [3.8, 4) is 0 Å². The molecule has 5 heteroatoms. The lowest BCUT2D eigenvalue weighted by molar-refractivity contribution is 0.0690. The van der Waals surface area contributed by atoms with Gasteiger partial charge in [-0.1, -0.05) is 6.92 Å². The van der Waals surface area contributed by atoms with E-state index in [0.29, 0.717) is 11.6 Å². The minimum Gasteiger partial charge on any atom is -0.477 e. The maximum Gasteiger partial charge on any atom is 0.354 e. The van der Waals surface area contributed by atoms with E-state index < -0.39 is 5.97 Å². The van der Waals surface area contributed by atoms with Crippen LogP contribution >= 0.6 is 0 Å². The van der Waals surface area contributed by atoms with Crippen molar-refractivity contribution in [2.45, 2.75) is 27.2 Å². The molecule has 0 aliphatic carbocycles. The lowest BCUT2D eigenvalue weighted by atomic mass is 10.3. The van der Waals surface area contributed by atoms with Crippen LogP contribution in [0.1, 0.15) is 36.5 Å². The van der Waals surface area contributed by atoms with Crippen LogP contribution in [0.4, 0.5) is 5.95 Å². The fourth-order valence-electron chi connectivity index (χ4n) is 1.47. The molecule has 1 N–H and O–H groups in total. The quantitative estimate of drug-likeness (QED) is 0.823. The van der Waals surface area contributed by atoms with Crippen LogP contribution in [0.5, 0.6) is 0 Å². The van der Waals surface area contributed by atoms with E-state index in [0.717, 1.165) is 19.5 Å². The van der Waals surface area contributed by atoms with Gasteiger partial charge in [0.05, 0.1) is 0 Å². The first kappa shape index (κ1) is 12.4. The minimum atomic E-state index is -1.01. The maximum absolute atomic E-state index is 10.9. The summed E-state index contributed by atoms with van der Waals surface area (Å²) in [5.41, 5.74) is 0.731. The summed E-state index contributed by atoms with van der Waals surface area (Å²) < 4.78 is 0. The normalized spacial score (nSPS) is 10.2. The second kappa shape index (κ2) is 5.44. The van der Waals surface area contributed by atoms with Crippen molar-refractivity contribution >= 4 is 11.9 Å². The van der Waals surface area contributed by atoms with Crippen molar-refractivity contribution < 1.29 is 9.90 Å². The number of carboxylic acid groups (broad SMARTS) is 1. The highest BCUT2D eigenvalue weighted by molar-refractivity contribution is 5.85. The molecule has 0 radical (unpaired) electrons. The van der Waals surface area contributed by atoms with Gasteiger partial charge in [-0.15, -0.1) is 0 Å². The van der Waals surface area contributed by atoms with Gasteiger partial charge in [0.2, 0.25) is 5.95 Å². The van der Waals surface area contributed by atoms with Gasteiger partial charge in [-0.05, 0) is 26.3 Å². The molecule has 0 aliphatic rings. The van der Waals surface area contributed by atoms with E-state index in [-0.39, 0.29) is 5.69 Å². The van der Waals surface area contributed by atoms with Gasteiger partial charge in [0.1, 0.15) is 0 Å². The van der Waals surface area contributed by atoms with E-state index in [1.165, 1.54) is 6.07 Å². The zero-order chi connectivity index (χ0) is 12.1. The summed E-state index contributed by atoms with van der Waals surface area (Å²) in [5, 5.41) is 8.91. The first-order chi connectivity index (χ1) is 7.58. The molecule has 5 nitrogen and oxygen atoms in total. The summed E-state index contributed by atoms with van der Waals surface area (Å²) in [5.74, 6) is -0.513. The molecule has 0 amide bonds. The summed E-state index contributed by atoms with van der Waals surface area (Å²) in [6.45, 7) is 7.45. The largest absolute Gasteiger partial charge is 0.477 e. The third kappa shape index (κ3) is 2.92. The van der Waals surface area contributed by atoms with E-state index in [2.05, 4.69) is 16.9 Å². The molecule has 1 rings (SSSR count). The molecule has 16 heavy (non-hydrogen) atoms. The second-order valence-electron chi connectivity index (χ2n) is 3.58. The Kier molecular flexibility index (Phi) is 4.22. The molecule has 1 aromatic rings. The minimum absolute atomic E-state index is 0.0528. The third-order valence-electron chi connectivity index (χ3n) is 2.22. The number of nitrogens with zero attached hydrogens (tertiary/aromatic N) is 3. The van der Waals surface area contributed by atoms with Crippen LogP contribution in [0.25, 0.3) is 0 Å². The Bertz CT molecular complexity index is 379. The van der Waals surface area contributed by atoms with Crippen LogP contribution in [0.2, 0.25) is 0 Å². The van der Waals surface area contributed by atoms with Crippen LogP contribution < -0.4 is 4.90 Å². The number of anilines is 1. The Morgan fingerprint density at radius 1 is 1.44 bits per heavy atom. The molecule has 0 fully saturated rings. The number of hydrogen-bond donors (Lipinski definition) is 1. The van der Waals surface area contributed by atoms with E-state index >= 15 is 0 Å². The lowest BCUT2D eigenvalue weighted by Gasteiger charge is -2.20. The number of rotatable bonds is 5. The molecular formula is C11H17N3O2. The van der Waals surface area contributed by atoms with E-state index in [9.17, 15) is 4.79 Å². The zero-order valence-electron chi connectivity index (χ0n) is 9.90. The Morgan fingerprint density at radius 2 is 2.12 bits per heavy atom. The Hall–Kier alpha value is -1.65. The summed E-state index contributed by atoms with van der Waals surface area (Å²) in [6.07, 6.45) is 0.980. The smallest absolute Gasteiger partial charge is 0.354 e. The van der Waals surface area contributed by atoms with Crippen molar-refractivity contribution in [2.24, 2.45) is 0 Å². The molecule has 0 saturated heterocycles. The number of carboxylic acids is 1. The van der Waals surface area contributed by atoms with Gasteiger partial charge in [0, 0.05) is 18.8 Å².